The first-order valence-corrected chi connectivity index (χ1v) is 5.79. The maximum absolute atomic E-state index is 11.9. The van der Waals surface area contributed by atoms with Crippen LogP contribution in [-0.2, 0) is 9.59 Å². The summed E-state index contributed by atoms with van der Waals surface area (Å²) in [5, 5.41) is 6.94. The van der Waals surface area contributed by atoms with E-state index in [0.717, 1.165) is 0 Å². The second-order valence-corrected chi connectivity index (χ2v) is 5.23. The molecule has 0 bridgehead atoms. The maximum Gasteiger partial charge on any atom is 0.405 e. The molecule has 0 saturated carbocycles. The first-order chi connectivity index (χ1) is 8.41. The van der Waals surface area contributed by atoms with E-state index in [2.05, 4.69) is 10.6 Å². The summed E-state index contributed by atoms with van der Waals surface area (Å²) in [5.41, 5.74) is -0.402. The Morgan fingerprint density at radius 2 is 1.68 bits per heavy atom. The predicted octanol–water partition coefficient (Wildman–Crippen LogP) is 0.558. The van der Waals surface area contributed by atoms with Gasteiger partial charge in [-0.1, -0.05) is 0 Å². The minimum Gasteiger partial charge on any atom is -0.350 e. The molecule has 0 aromatic carbocycles. The molecule has 8 heteroatoms. The van der Waals surface area contributed by atoms with E-state index in [-0.39, 0.29) is 12.5 Å². The number of nitrogens with one attached hydrogen (secondary N) is 3. The molecule has 0 aromatic heterocycles. The van der Waals surface area contributed by atoms with E-state index in [9.17, 15) is 22.8 Å². The van der Waals surface area contributed by atoms with Gasteiger partial charge in [0.05, 0.1) is 12.6 Å². The molecule has 2 amide bonds. The van der Waals surface area contributed by atoms with E-state index >= 15 is 0 Å². The molecule has 0 aromatic rings. The van der Waals surface area contributed by atoms with Gasteiger partial charge in [0, 0.05) is 5.54 Å². The largest absolute Gasteiger partial charge is 0.405 e. The quantitative estimate of drug-likeness (QED) is 0.690. The zero-order chi connectivity index (χ0) is 15.3. The fourth-order valence-electron chi connectivity index (χ4n) is 1.14. The number of alkyl halides is 3. The van der Waals surface area contributed by atoms with Gasteiger partial charge in [0.2, 0.25) is 11.8 Å². The fraction of sp³-hybridized carbons (Fsp3) is 0.818. The molecule has 3 N–H and O–H groups in total. The number of halogens is 3. The lowest BCUT2D eigenvalue weighted by atomic mass is 10.1. The summed E-state index contributed by atoms with van der Waals surface area (Å²) in [4.78, 5) is 22.7. The van der Waals surface area contributed by atoms with E-state index < -0.39 is 30.2 Å². The normalized spacial score (nSPS) is 13.8. The minimum absolute atomic E-state index is 0.141. The van der Waals surface area contributed by atoms with Crippen LogP contribution in [-0.4, -0.2) is 42.7 Å². The van der Waals surface area contributed by atoms with Crippen LogP contribution in [0.15, 0.2) is 0 Å². The molecular weight excluding hydrogens is 263 g/mol. The highest BCUT2D eigenvalue weighted by molar-refractivity contribution is 5.83. The Morgan fingerprint density at radius 1 is 1.16 bits per heavy atom. The van der Waals surface area contributed by atoms with Crippen LogP contribution in [0.5, 0.6) is 0 Å². The Bertz CT molecular complexity index is 324. The van der Waals surface area contributed by atoms with Crippen molar-refractivity contribution in [2.45, 2.75) is 45.5 Å². The van der Waals surface area contributed by atoms with Crippen LogP contribution in [0.25, 0.3) is 0 Å². The lowest BCUT2D eigenvalue weighted by Crippen LogP contribution is -2.50. The number of hydrogen-bond donors (Lipinski definition) is 3. The van der Waals surface area contributed by atoms with Gasteiger partial charge in [-0.15, -0.1) is 0 Å². The number of carbonyl (C=O) groups excluding carboxylic acids is 2. The van der Waals surface area contributed by atoms with Crippen LogP contribution in [0.1, 0.15) is 27.7 Å². The first kappa shape index (κ1) is 17.7. The topological polar surface area (TPSA) is 70.2 Å². The molecule has 1 unspecified atom stereocenters. The van der Waals surface area contributed by atoms with Crippen LogP contribution in [0.2, 0.25) is 0 Å². The van der Waals surface area contributed by atoms with Crippen molar-refractivity contribution >= 4 is 11.8 Å². The number of carbonyl (C=O) groups is 2. The Hall–Kier alpha value is -1.31. The molecule has 19 heavy (non-hydrogen) atoms. The van der Waals surface area contributed by atoms with Gasteiger partial charge in [0.15, 0.2) is 0 Å². The number of amides is 2. The molecule has 5 nitrogen and oxygen atoms in total. The van der Waals surface area contributed by atoms with Crippen LogP contribution in [0.3, 0.4) is 0 Å². The highest BCUT2D eigenvalue weighted by Crippen LogP contribution is 2.12. The Kier molecular flexibility index (Phi) is 6.28. The zero-order valence-corrected chi connectivity index (χ0v) is 11.4. The number of hydrogen-bond acceptors (Lipinski definition) is 3. The van der Waals surface area contributed by atoms with Gasteiger partial charge in [-0.2, -0.15) is 13.2 Å². The molecule has 0 radical (unpaired) electrons. The van der Waals surface area contributed by atoms with Crippen LogP contribution in [0, 0.1) is 0 Å². The van der Waals surface area contributed by atoms with Crippen molar-refractivity contribution in [2.24, 2.45) is 0 Å². The molecule has 0 aliphatic heterocycles. The van der Waals surface area contributed by atoms with Crippen molar-refractivity contribution in [3.8, 4) is 0 Å². The number of rotatable bonds is 5. The SMILES string of the molecule is CC(NCC(=O)NC(C)(C)C)C(=O)NCC(F)(F)F. The van der Waals surface area contributed by atoms with Crippen molar-refractivity contribution in [1.82, 2.24) is 16.0 Å². The lowest BCUT2D eigenvalue weighted by Gasteiger charge is -2.21. The molecule has 0 heterocycles. The summed E-state index contributed by atoms with van der Waals surface area (Å²) in [6, 6.07) is -0.881. The zero-order valence-electron chi connectivity index (χ0n) is 11.4. The van der Waals surface area contributed by atoms with E-state index in [1.165, 1.54) is 6.92 Å². The highest BCUT2D eigenvalue weighted by atomic mass is 19.4. The van der Waals surface area contributed by atoms with Gasteiger partial charge < -0.3 is 10.6 Å². The minimum atomic E-state index is -4.45. The Balaban J connectivity index is 4.01. The molecule has 0 rings (SSSR count). The van der Waals surface area contributed by atoms with Gasteiger partial charge in [0.25, 0.3) is 0 Å². The third-order valence-electron chi connectivity index (χ3n) is 1.94. The van der Waals surface area contributed by atoms with Crippen molar-refractivity contribution in [1.29, 1.82) is 0 Å². The monoisotopic (exact) mass is 283 g/mol. The summed E-state index contributed by atoms with van der Waals surface area (Å²) in [6.45, 7) is 5.25. The third kappa shape index (κ3) is 10.3. The smallest absolute Gasteiger partial charge is 0.350 e. The maximum atomic E-state index is 11.9. The van der Waals surface area contributed by atoms with Crippen LogP contribution >= 0.6 is 0 Å². The van der Waals surface area contributed by atoms with E-state index in [1.54, 1.807) is 26.1 Å². The molecule has 0 aliphatic rings. The summed E-state index contributed by atoms with van der Waals surface area (Å²) in [6.07, 6.45) is -4.45. The molecule has 0 spiro atoms. The Morgan fingerprint density at radius 3 is 2.11 bits per heavy atom. The molecular formula is C11H20F3N3O2. The van der Waals surface area contributed by atoms with Crippen molar-refractivity contribution < 1.29 is 22.8 Å². The van der Waals surface area contributed by atoms with E-state index in [0.29, 0.717) is 0 Å². The molecule has 0 aliphatic carbocycles. The third-order valence-corrected chi connectivity index (χ3v) is 1.94. The van der Waals surface area contributed by atoms with E-state index in [4.69, 9.17) is 0 Å². The van der Waals surface area contributed by atoms with Crippen LogP contribution in [0.4, 0.5) is 13.2 Å². The van der Waals surface area contributed by atoms with Crippen molar-refractivity contribution in [3.05, 3.63) is 0 Å². The van der Waals surface area contributed by atoms with E-state index in [1.807, 2.05) is 0 Å². The predicted molar refractivity (Wildman–Crippen MR) is 64.4 cm³/mol. The standard InChI is InChI=1S/C11H20F3N3O2/c1-7(9(19)16-6-11(12,13)14)15-5-8(18)17-10(2,3)4/h7,15H,5-6H2,1-4H3,(H,16,19)(H,17,18). The molecule has 0 saturated heterocycles. The van der Waals surface area contributed by atoms with Gasteiger partial charge in [0.1, 0.15) is 6.54 Å². The average molecular weight is 283 g/mol. The summed E-state index contributed by atoms with van der Waals surface area (Å²) in [7, 11) is 0. The summed E-state index contributed by atoms with van der Waals surface area (Å²) < 4.78 is 35.6. The molecule has 112 valence electrons. The summed E-state index contributed by atoms with van der Waals surface area (Å²) >= 11 is 0. The average Bonchev–Trinajstić information content (AvgIpc) is 2.19. The second-order valence-electron chi connectivity index (χ2n) is 5.23. The van der Waals surface area contributed by atoms with Gasteiger partial charge >= 0.3 is 6.18 Å². The first-order valence-electron chi connectivity index (χ1n) is 5.79. The van der Waals surface area contributed by atoms with Crippen molar-refractivity contribution in [3.63, 3.8) is 0 Å². The van der Waals surface area contributed by atoms with Gasteiger partial charge in [-0.3, -0.25) is 14.9 Å². The fourth-order valence-corrected chi connectivity index (χ4v) is 1.14. The highest BCUT2D eigenvalue weighted by Gasteiger charge is 2.28. The summed E-state index contributed by atoms with van der Waals surface area (Å²) in [5.74, 6) is -1.14. The van der Waals surface area contributed by atoms with Gasteiger partial charge in [-0.25, -0.2) is 0 Å². The lowest BCUT2D eigenvalue weighted by molar-refractivity contribution is -0.139. The molecule has 1 atom stereocenters. The molecule has 0 fully saturated rings. The Labute approximate surface area is 110 Å². The van der Waals surface area contributed by atoms with Gasteiger partial charge in [-0.05, 0) is 27.7 Å². The second kappa shape index (κ2) is 6.74. The van der Waals surface area contributed by atoms with Crippen LogP contribution < -0.4 is 16.0 Å². The van der Waals surface area contributed by atoms with Crippen molar-refractivity contribution in [2.75, 3.05) is 13.1 Å².